The lowest BCUT2D eigenvalue weighted by Gasteiger charge is -2.24. The topological polar surface area (TPSA) is 7.12 Å². The van der Waals surface area contributed by atoms with Crippen molar-refractivity contribution in [2.75, 3.05) is 19.0 Å². The van der Waals surface area contributed by atoms with E-state index in [2.05, 4.69) is 139 Å². The van der Waals surface area contributed by atoms with Crippen LogP contribution in [0.3, 0.4) is 0 Å². The summed E-state index contributed by atoms with van der Waals surface area (Å²) in [5.74, 6) is 0. The molecule has 3 aromatic carbocycles. The Labute approximate surface area is 174 Å². The summed E-state index contributed by atoms with van der Waals surface area (Å²) >= 11 is 0. The first-order chi connectivity index (χ1) is 14.2. The Balaban J connectivity index is 1.92. The standard InChI is InChI=1S/C26H27N2P/c1-27(2)23-18-20-28(21-19-23)22-29(24-12-6-3-7-13-24,25-14-8-4-9-15-25)26-16-10-5-11-17-26/h3-21H,22H2,1-2H3/q+2. The Morgan fingerprint density at radius 2 is 0.966 bits per heavy atom. The number of aromatic nitrogens is 1. The number of hydrogen-bond acceptors (Lipinski definition) is 1. The second-order valence-electron chi connectivity index (χ2n) is 7.42. The fourth-order valence-electron chi connectivity index (χ4n) is 3.83. The molecule has 0 fully saturated rings. The van der Waals surface area contributed by atoms with Gasteiger partial charge in [-0.3, -0.25) is 0 Å². The molecule has 1 aromatic heterocycles. The number of hydrogen-bond donors (Lipinski definition) is 0. The van der Waals surface area contributed by atoms with Crippen molar-refractivity contribution in [3.05, 3.63) is 116 Å². The Morgan fingerprint density at radius 3 is 1.31 bits per heavy atom. The van der Waals surface area contributed by atoms with Gasteiger partial charge in [0.25, 0.3) is 6.29 Å². The van der Waals surface area contributed by atoms with Crippen LogP contribution in [0.25, 0.3) is 0 Å². The average molecular weight is 398 g/mol. The van der Waals surface area contributed by atoms with E-state index in [1.54, 1.807) is 0 Å². The third kappa shape index (κ3) is 3.95. The van der Waals surface area contributed by atoms with Gasteiger partial charge in [0.15, 0.2) is 19.7 Å². The number of benzene rings is 3. The first kappa shape index (κ1) is 19.4. The molecule has 0 aliphatic carbocycles. The van der Waals surface area contributed by atoms with Crippen molar-refractivity contribution in [2.24, 2.45) is 0 Å². The summed E-state index contributed by atoms with van der Waals surface area (Å²) in [7, 11) is 2.29. The molecule has 4 aromatic rings. The van der Waals surface area contributed by atoms with E-state index in [1.165, 1.54) is 21.6 Å². The third-order valence-corrected chi connectivity index (χ3v) is 9.65. The van der Waals surface area contributed by atoms with Crippen LogP contribution in [-0.2, 0) is 6.29 Å². The zero-order valence-electron chi connectivity index (χ0n) is 17.0. The smallest absolute Gasteiger partial charge is 0.262 e. The van der Waals surface area contributed by atoms with Gasteiger partial charge in [-0.25, -0.2) is 0 Å². The molecule has 0 amide bonds. The predicted octanol–water partition coefficient (Wildman–Crippen LogP) is 3.99. The molecular formula is C26H27N2P+2. The molecule has 0 radical (unpaired) electrons. The number of pyridine rings is 1. The minimum absolute atomic E-state index is 0.929. The summed E-state index contributed by atoms with van der Waals surface area (Å²) in [4.78, 5) is 2.14. The van der Waals surface area contributed by atoms with E-state index in [-0.39, 0.29) is 0 Å². The molecule has 1 heterocycles. The van der Waals surface area contributed by atoms with Crippen molar-refractivity contribution < 1.29 is 4.57 Å². The normalized spacial score (nSPS) is 11.2. The van der Waals surface area contributed by atoms with Gasteiger partial charge in [-0.15, -0.1) is 0 Å². The van der Waals surface area contributed by atoms with Crippen LogP contribution < -0.4 is 25.4 Å². The molecule has 0 aliphatic heterocycles. The van der Waals surface area contributed by atoms with Crippen molar-refractivity contribution in [2.45, 2.75) is 6.29 Å². The molecule has 0 aliphatic rings. The Hall–Kier alpha value is -2.96. The minimum atomic E-state index is -1.86. The lowest BCUT2D eigenvalue weighted by Crippen LogP contribution is -2.43. The van der Waals surface area contributed by atoms with Crippen molar-refractivity contribution in [1.29, 1.82) is 0 Å². The molecule has 3 heteroatoms. The van der Waals surface area contributed by atoms with Gasteiger partial charge in [0.05, 0.1) is 0 Å². The molecule has 29 heavy (non-hydrogen) atoms. The van der Waals surface area contributed by atoms with Gasteiger partial charge in [-0.05, 0) is 36.4 Å². The zero-order valence-corrected chi connectivity index (χ0v) is 17.9. The zero-order chi connectivity index (χ0) is 20.1. The summed E-state index contributed by atoms with van der Waals surface area (Å²) in [6, 6.07) is 37.4. The second kappa shape index (κ2) is 8.59. The molecule has 0 saturated heterocycles. The Morgan fingerprint density at radius 1 is 0.586 bits per heavy atom. The van der Waals surface area contributed by atoms with Gasteiger partial charge in [0, 0.05) is 31.9 Å². The SMILES string of the molecule is CN(C)c1cc[n+](C[P+](c2ccccc2)(c2ccccc2)c2ccccc2)cc1. The van der Waals surface area contributed by atoms with Gasteiger partial charge in [0.2, 0.25) is 0 Å². The molecule has 144 valence electrons. The number of nitrogens with zero attached hydrogens (tertiary/aromatic N) is 2. The van der Waals surface area contributed by atoms with Gasteiger partial charge in [-0.1, -0.05) is 54.6 Å². The van der Waals surface area contributed by atoms with E-state index in [9.17, 15) is 0 Å². The van der Waals surface area contributed by atoms with Crippen LogP contribution in [0.4, 0.5) is 5.69 Å². The highest BCUT2D eigenvalue weighted by molar-refractivity contribution is 7.94. The van der Waals surface area contributed by atoms with E-state index in [0.717, 1.165) is 6.29 Å². The summed E-state index contributed by atoms with van der Waals surface area (Å²) in [6.07, 6.45) is 5.34. The fourth-order valence-corrected chi connectivity index (χ4v) is 7.93. The second-order valence-corrected chi connectivity index (χ2v) is 10.9. The van der Waals surface area contributed by atoms with Crippen LogP contribution in [0.5, 0.6) is 0 Å². The van der Waals surface area contributed by atoms with E-state index >= 15 is 0 Å². The highest BCUT2D eigenvalue weighted by atomic mass is 31.2. The van der Waals surface area contributed by atoms with E-state index in [0.29, 0.717) is 0 Å². The molecule has 0 spiro atoms. The Kier molecular flexibility index (Phi) is 5.74. The monoisotopic (exact) mass is 398 g/mol. The van der Waals surface area contributed by atoms with Crippen LogP contribution in [0, 0.1) is 0 Å². The van der Waals surface area contributed by atoms with Gasteiger partial charge >= 0.3 is 0 Å². The molecule has 0 N–H and O–H groups in total. The maximum absolute atomic E-state index is 2.34. The molecular weight excluding hydrogens is 371 g/mol. The molecule has 2 nitrogen and oxygen atoms in total. The molecule has 0 atom stereocenters. The maximum Gasteiger partial charge on any atom is 0.262 e. The number of anilines is 1. The summed E-state index contributed by atoms with van der Waals surface area (Å²) in [6.45, 7) is 0. The van der Waals surface area contributed by atoms with Crippen molar-refractivity contribution in [3.8, 4) is 0 Å². The van der Waals surface area contributed by atoms with E-state index < -0.39 is 7.26 Å². The summed E-state index contributed by atoms with van der Waals surface area (Å²) in [5.41, 5.74) is 1.21. The highest BCUT2D eigenvalue weighted by Crippen LogP contribution is 2.55. The van der Waals surface area contributed by atoms with Crippen LogP contribution in [-0.4, -0.2) is 14.1 Å². The van der Waals surface area contributed by atoms with Crippen molar-refractivity contribution in [1.82, 2.24) is 0 Å². The predicted molar refractivity (Wildman–Crippen MR) is 126 cm³/mol. The van der Waals surface area contributed by atoms with Crippen LogP contribution in [0.2, 0.25) is 0 Å². The molecule has 0 unspecified atom stereocenters. The first-order valence-electron chi connectivity index (χ1n) is 9.91. The number of rotatable bonds is 6. The fraction of sp³-hybridized carbons (Fsp3) is 0.115. The summed E-state index contributed by atoms with van der Waals surface area (Å²) < 4.78 is 2.34. The molecule has 0 bridgehead atoms. The molecule has 0 saturated carbocycles. The highest BCUT2D eigenvalue weighted by Gasteiger charge is 2.49. The van der Waals surface area contributed by atoms with Gasteiger partial charge in [-0.2, -0.15) is 4.57 Å². The van der Waals surface area contributed by atoms with Gasteiger partial charge in [0.1, 0.15) is 15.9 Å². The molecule has 4 rings (SSSR count). The lowest BCUT2D eigenvalue weighted by molar-refractivity contribution is -0.677. The maximum atomic E-state index is 2.34. The van der Waals surface area contributed by atoms with Crippen molar-refractivity contribution in [3.63, 3.8) is 0 Å². The third-order valence-electron chi connectivity index (χ3n) is 5.36. The lowest BCUT2D eigenvalue weighted by atomic mass is 10.4. The first-order valence-corrected chi connectivity index (χ1v) is 11.9. The average Bonchev–Trinajstić information content (AvgIpc) is 2.79. The minimum Gasteiger partial charge on any atom is -0.377 e. The van der Waals surface area contributed by atoms with Crippen molar-refractivity contribution >= 4 is 28.9 Å². The quantitative estimate of drug-likeness (QED) is 0.352. The van der Waals surface area contributed by atoms with E-state index in [4.69, 9.17) is 0 Å². The van der Waals surface area contributed by atoms with Crippen LogP contribution >= 0.6 is 7.26 Å². The largest absolute Gasteiger partial charge is 0.377 e. The Bertz CT molecular complexity index is 934. The van der Waals surface area contributed by atoms with Crippen LogP contribution in [0.15, 0.2) is 116 Å². The summed E-state index contributed by atoms with van der Waals surface area (Å²) in [5, 5.41) is 4.21. The van der Waals surface area contributed by atoms with E-state index in [1.807, 2.05) is 0 Å². The van der Waals surface area contributed by atoms with Crippen LogP contribution in [0.1, 0.15) is 0 Å². The van der Waals surface area contributed by atoms with Gasteiger partial charge < -0.3 is 4.90 Å².